The molecule has 9 heteroatoms. The van der Waals surface area contributed by atoms with E-state index in [1.165, 1.54) is 0 Å². The number of anilines is 2. The van der Waals surface area contributed by atoms with Crippen LogP contribution in [-0.2, 0) is 0 Å². The van der Waals surface area contributed by atoms with Gasteiger partial charge in [-0.25, -0.2) is 19.9 Å². The van der Waals surface area contributed by atoms with Gasteiger partial charge in [-0.05, 0) is 39.9 Å². The summed E-state index contributed by atoms with van der Waals surface area (Å²) in [5.74, 6) is 2.61. The second-order valence-corrected chi connectivity index (χ2v) is 8.70. The molecule has 1 aliphatic rings. The molecule has 0 spiro atoms. The summed E-state index contributed by atoms with van der Waals surface area (Å²) in [6.45, 7) is 3.43. The summed E-state index contributed by atoms with van der Waals surface area (Å²) >= 11 is 0. The van der Waals surface area contributed by atoms with E-state index in [-0.39, 0.29) is 6.04 Å². The van der Waals surface area contributed by atoms with Gasteiger partial charge in [-0.2, -0.15) is 0 Å². The molecule has 1 atom stereocenters. The number of imidazole rings is 1. The molecule has 4 aromatic rings. The fourth-order valence-electron chi connectivity index (χ4n) is 4.47. The maximum absolute atomic E-state index is 6.35. The van der Waals surface area contributed by atoms with Crippen LogP contribution in [0.15, 0.2) is 43.1 Å². The van der Waals surface area contributed by atoms with E-state index >= 15 is 0 Å². The third kappa shape index (κ3) is 4.54. The molecule has 2 N–H and O–H groups in total. The molecule has 5 rings (SSSR count). The Morgan fingerprint density at radius 2 is 2.03 bits per heavy atom. The number of aromatic amines is 1. The van der Waals surface area contributed by atoms with Crippen molar-refractivity contribution in [3.05, 3.63) is 43.1 Å². The zero-order valence-electron chi connectivity index (χ0n) is 19.2. The van der Waals surface area contributed by atoms with Crippen molar-refractivity contribution in [3.63, 3.8) is 0 Å². The molecule has 0 radical (unpaired) electrons. The van der Waals surface area contributed by atoms with E-state index in [1.807, 2.05) is 18.3 Å². The first-order valence-corrected chi connectivity index (χ1v) is 11.5. The van der Waals surface area contributed by atoms with E-state index in [0.717, 1.165) is 72.6 Å². The summed E-state index contributed by atoms with van der Waals surface area (Å²) in [5.41, 5.74) is 1.57. The molecular formula is C24H30N8O. The molecule has 3 aromatic heterocycles. The Morgan fingerprint density at radius 3 is 2.91 bits per heavy atom. The van der Waals surface area contributed by atoms with Crippen LogP contribution < -0.4 is 15.0 Å². The molecule has 0 aliphatic carbocycles. The highest BCUT2D eigenvalue weighted by Crippen LogP contribution is 2.32. The Hall–Kier alpha value is -3.46. The molecule has 0 saturated carbocycles. The summed E-state index contributed by atoms with van der Waals surface area (Å²) in [6.07, 6.45) is 8.30. The standard InChI is InChI=1S/C24H30N8O/c1-31(2)11-6-10-25-22-19-9-4-3-8-18(19)20(13-26-22)33-14-17-7-5-12-32(17)24-21-23(28-15-27-21)29-16-30-24/h3-4,8-9,13,15-17H,5-7,10-12,14H2,1-2H3,(H,25,26)(H,27,28,29,30). The summed E-state index contributed by atoms with van der Waals surface area (Å²) in [7, 11) is 4.18. The van der Waals surface area contributed by atoms with Crippen LogP contribution in [0.2, 0.25) is 0 Å². The predicted octanol–water partition coefficient (Wildman–Crippen LogP) is 3.31. The van der Waals surface area contributed by atoms with Crippen LogP contribution in [0.5, 0.6) is 5.75 Å². The number of H-pyrrole nitrogens is 1. The second kappa shape index (κ2) is 9.58. The average Bonchev–Trinajstić information content (AvgIpc) is 3.50. The Morgan fingerprint density at radius 1 is 1.15 bits per heavy atom. The summed E-state index contributed by atoms with van der Waals surface area (Å²) < 4.78 is 6.35. The molecule has 172 valence electrons. The third-order valence-electron chi connectivity index (χ3n) is 6.12. The lowest BCUT2D eigenvalue weighted by molar-refractivity contribution is 0.290. The third-order valence-corrected chi connectivity index (χ3v) is 6.12. The SMILES string of the molecule is CN(C)CCCNc1ncc(OCC2CCCN2c2ncnc3nc[nH]c23)c2ccccc12. The summed E-state index contributed by atoms with van der Waals surface area (Å²) in [6, 6.07) is 8.52. The minimum atomic E-state index is 0.231. The molecule has 1 aliphatic heterocycles. The topological polar surface area (TPSA) is 95.1 Å². The lowest BCUT2D eigenvalue weighted by Crippen LogP contribution is -2.35. The number of hydrogen-bond acceptors (Lipinski definition) is 8. The molecule has 1 fully saturated rings. The van der Waals surface area contributed by atoms with Gasteiger partial charge in [-0.3, -0.25) is 0 Å². The second-order valence-electron chi connectivity index (χ2n) is 8.70. The quantitative estimate of drug-likeness (QED) is 0.378. The number of nitrogens with zero attached hydrogens (tertiary/aromatic N) is 6. The van der Waals surface area contributed by atoms with Crippen LogP contribution in [0, 0.1) is 0 Å². The fraction of sp³-hybridized carbons (Fsp3) is 0.417. The van der Waals surface area contributed by atoms with Gasteiger partial charge in [0.1, 0.15) is 30.0 Å². The molecule has 0 amide bonds. The smallest absolute Gasteiger partial charge is 0.182 e. The van der Waals surface area contributed by atoms with E-state index in [0.29, 0.717) is 12.3 Å². The van der Waals surface area contributed by atoms with Crippen LogP contribution in [0.4, 0.5) is 11.6 Å². The minimum absolute atomic E-state index is 0.231. The average molecular weight is 447 g/mol. The van der Waals surface area contributed by atoms with Gasteiger partial charge in [-0.1, -0.05) is 24.3 Å². The highest BCUT2D eigenvalue weighted by molar-refractivity contribution is 5.95. The highest BCUT2D eigenvalue weighted by Gasteiger charge is 2.28. The number of hydrogen-bond donors (Lipinski definition) is 2. The molecule has 1 saturated heterocycles. The van der Waals surface area contributed by atoms with Crippen LogP contribution in [0.3, 0.4) is 0 Å². The van der Waals surface area contributed by atoms with Crippen LogP contribution in [-0.4, -0.2) is 76.2 Å². The molecule has 0 bridgehead atoms. The zero-order chi connectivity index (χ0) is 22.6. The van der Waals surface area contributed by atoms with Crippen molar-refractivity contribution >= 4 is 33.6 Å². The molecule has 9 nitrogen and oxygen atoms in total. The first-order chi connectivity index (χ1) is 16.2. The van der Waals surface area contributed by atoms with Gasteiger partial charge >= 0.3 is 0 Å². The molecular weight excluding hydrogens is 416 g/mol. The maximum Gasteiger partial charge on any atom is 0.182 e. The Bertz CT molecular complexity index is 1220. The molecule has 4 heterocycles. The van der Waals surface area contributed by atoms with Crippen molar-refractivity contribution in [2.75, 3.05) is 50.6 Å². The highest BCUT2D eigenvalue weighted by atomic mass is 16.5. The largest absolute Gasteiger partial charge is 0.489 e. The van der Waals surface area contributed by atoms with E-state index in [2.05, 4.69) is 66.3 Å². The van der Waals surface area contributed by atoms with E-state index in [9.17, 15) is 0 Å². The molecule has 1 aromatic carbocycles. The van der Waals surface area contributed by atoms with Gasteiger partial charge in [-0.15, -0.1) is 0 Å². The first kappa shape index (κ1) is 21.4. The Balaban J connectivity index is 1.31. The Labute approximate surface area is 193 Å². The lowest BCUT2D eigenvalue weighted by Gasteiger charge is -2.26. The maximum atomic E-state index is 6.35. The lowest BCUT2D eigenvalue weighted by atomic mass is 10.1. The number of nitrogens with one attached hydrogen (secondary N) is 2. The van der Waals surface area contributed by atoms with E-state index in [1.54, 1.807) is 12.7 Å². The number of aromatic nitrogens is 5. The van der Waals surface area contributed by atoms with E-state index in [4.69, 9.17) is 4.74 Å². The summed E-state index contributed by atoms with van der Waals surface area (Å²) in [4.78, 5) is 25.4. The monoisotopic (exact) mass is 446 g/mol. The summed E-state index contributed by atoms with van der Waals surface area (Å²) in [5, 5.41) is 5.64. The van der Waals surface area contributed by atoms with Crippen LogP contribution in [0.25, 0.3) is 21.9 Å². The van der Waals surface area contributed by atoms with Crippen molar-refractivity contribution in [2.24, 2.45) is 0 Å². The number of benzene rings is 1. The van der Waals surface area contributed by atoms with Crippen LogP contribution in [0.1, 0.15) is 19.3 Å². The molecule has 33 heavy (non-hydrogen) atoms. The number of pyridine rings is 1. The first-order valence-electron chi connectivity index (χ1n) is 11.5. The van der Waals surface area contributed by atoms with Crippen molar-refractivity contribution in [3.8, 4) is 5.75 Å². The Kier molecular flexibility index (Phi) is 6.21. The molecule has 1 unspecified atom stereocenters. The van der Waals surface area contributed by atoms with Gasteiger partial charge in [0.2, 0.25) is 0 Å². The van der Waals surface area contributed by atoms with Gasteiger partial charge in [0.05, 0.1) is 18.6 Å². The van der Waals surface area contributed by atoms with Crippen molar-refractivity contribution in [1.82, 2.24) is 29.8 Å². The normalized spacial score (nSPS) is 16.2. The van der Waals surface area contributed by atoms with Crippen molar-refractivity contribution in [1.29, 1.82) is 0 Å². The van der Waals surface area contributed by atoms with Gasteiger partial charge in [0.15, 0.2) is 11.5 Å². The van der Waals surface area contributed by atoms with Gasteiger partial charge in [0, 0.05) is 23.9 Å². The van der Waals surface area contributed by atoms with Crippen LogP contribution >= 0.6 is 0 Å². The zero-order valence-corrected chi connectivity index (χ0v) is 19.2. The van der Waals surface area contributed by atoms with E-state index < -0.39 is 0 Å². The van der Waals surface area contributed by atoms with Crippen molar-refractivity contribution in [2.45, 2.75) is 25.3 Å². The number of fused-ring (bicyclic) bond motifs is 2. The fourth-order valence-corrected chi connectivity index (χ4v) is 4.47. The van der Waals surface area contributed by atoms with Gasteiger partial charge < -0.3 is 24.8 Å². The van der Waals surface area contributed by atoms with Crippen molar-refractivity contribution < 1.29 is 4.74 Å². The van der Waals surface area contributed by atoms with Gasteiger partial charge in [0.25, 0.3) is 0 Å². The minimum Gasteiger partial charge on any atom is -0.489 e. The predicted molar refractivity (Wildman–Crippen MR) is 131 cm³/mol. The number of rotatable bonds is 9. The number of ether oxygens (including phenoxy) is 1.